The van der Waals surface area contributed by atoms with E-state index in [4.69, 9.17) is 9.47 Å². The minimum Gasteiger partial charge on any atom is -0.463 e. The van der Waals surface area contributed by atoms with E-state index < -0.39 is 12.2 Å². The summed E-state index contributed by atoms with van der Waals surface area (Å²) in [5.74, 6) is -0.653. The second-order valence-corrected chi connectivity index (χ2v) is 6.14. The summed E-state index contributed by atoms with van der Waals surface area (Å²) < 4.78 is 10.5. The van der Waals surface area contributed by atoms with Crippen molar-refractivity contribution in [1.82, 2.24) is 0 Å². The summed E-state index contributed by atoms with van der Waals surface area (Å²) in [5, 5.41) is 19.7. The van der Waals surface area contributed by atoms with Crippen molar-refractivity contribution in [2.75, 3.05) is 0 Å². The zero-order valence-corrected chi connectivity index (χ0v) is 13.5. The molecule has 1 fully saturated rings. The summed E-state index contributed by atoms with van der Waals surface area (Å²) in [7, 11) is 0. The number of hydrogen-bond donors (Lipinski definition) is 2. The van der Waals surface area contributed by atoms with Crippen LogP contribution in [-0.2, 0) is 19.1 Å². The van der Waals surface area contributed by atoms with E-state index in [0.29, 0.717) is 38.5 Å². The predicted molar refractivity (Wildman–Crippen MR) is 80.1 cm³/mol. The molecular weight excluding hydrogens is 288 g/mol. The fourth-order valence-electron chi connectivity index (χ4n) is 2.40. The molecule has 6 heteroatoms. The lowest BCUT2D eigenvalue weighted by Gasteiger charge is -2.19. The molecule has 0 aromatic heterocycles. The Morgan fingerprint density at radius 3 is 1.45 bits per heavy atom. The molecule has 1 saturated heterocycles. The summed E-state index contributed by atoms with van der Waals surface area (Å²) in [6, 6.07) is 0. The summed E-state index contributed by atoms with van der Waals surface area (Å²) in [6.07, 6.45) is 1.30. The number of rotatable bonds is 0. The molecule has 0 spiro atoms. The summed E-state index contributed by atoms with van der Waals surface area (Å²) in [5.41, 5.74) is 0. The Bertz CT molecular complexity index is 323. The van der Waals surface area contributed by atoms with E-state index in [9.17, 15) is 19.8 Å². The molecule has 0 aliphatic carbocycles. The van der Waals surface area contributed by atoms with Gasteiger partial charge in [0.25, 0.3) is 0 Å². The molecule has 1 aliphatic rings. The molecule has 0 aromatic rings. The molecule has 0 aromatic carbocycles. The molecule has 1 heterocycles. The van der Waals surface area contributed by atoms with Gasteiger partial charge in [-0.3, -0.25) is 9.59 Å². The number of hydrogen-bond acceptors (Lipinski definition) is 6. The van der Waals surface area contributed by atoms with E-state index in [0.717, 1.165) is 0 Å². The lowest BCUT2D eigenvalue weighted by Crippen LogP contribution is -2.22. The SMILES string of the molecule is C[C@H]1CC[C@@H](O)CCC(=O)O[C@@H](C)CC[C@@H](O)CCC(=O)O1. The lowest BCUT2D eigenvalue weighted by atomic mass is 10.1. The van der Waals surface area contributed by atoms with E-state index >= 15 is 0 Å². The van der Waals surface area contributed by atoms with Crippen LogP contribution in [0, 0.1) is 0 Å². The Hall–Kier alpha value is -1.14. The van der Waals surface area contributed by atoms with Gasteiger partial charge in [0.1, 0.15) is 0 Å². The van der Waals surface area contributed by atoms with Crippen molar-refractivity contribution in [1.29, 1.82) is 0 Å². The molecule has 22 heavy (non-hydrogen) atoms. The Morgan fingerprint density at radius 2 is 1.09 bits per heavy atom. The maximum Gasteiger partial charge on any atom is 0.306 e. The smallest absolute Gasteiger partial charge is 0.306 e. The first kappa shape index (κ1) is 18.9. The van der Waals surface area contributed by atoms with Gasteiger partial charge in [-0.1, -0.05) is 0 Å². The molecular formula is C16H28O6. The zero-order valence-electron chi connectivity index (χ0n) is 13.5. The van der Waals surface area contributed by atoms with Crippen LogP contribution < -0.4 is 0 Å². The number of cyclic esters (lactones) is 2. The average molecular weight is 316 g/mol. The molecule has 0 radical (unpaired) electrons. The van der Waals surface area contributed by atoms with Crippen molar-refractivity contribution in [3.05, 3.63) is 0 Å². The number of ether oxygens (including phenoxy) is 2. The third kappa shape index (κ3) is 8.34. The topological polar surface area (TPSA) is 93.1 Å². The van der Waals surface area contributed by atoms with Gasteiger partial charge in [-0.25, -0.2) is 0 Å². The van der Waals surface area contributed by atoms with Crippen molar-refractivity contribution < 1.29 is 29.3 Å². The van der Waals surface area contributed by atoms with Crippen LogP contribution in [0.15, 0.2) is 0 Å². The number of aliphatic hydroxyl groups excluding tert-OH is 2. The van der Waals surface area contributed by atoms with Crippen LogP contribution in [0.2, 0.25) is 0 Å². The van der Waals surface area contributed by atoms with Gasteiger partial charge >= 0.3 is 11.9 Å². The number of esters is 2. The average Bonchev–Trinajstić information content (AvgIpc) is 2.46. The van der Waals surface area contributed by atoms with Crippen molar-refractivity contribution in [3.8, 4) is 0 Å². The van der Waals surface area contributed by atoms with E-state index in [2.05, 4.69) is 0 Å². The quantitative estimate of drug-likeness (QED) is 0.661. The van der Waals surface area contributed by atoms with Gasteiger partial charge in [0.05, 0.1) is 24.4 Å². The fraction of sp³-hybridized carbons (Fsp3) is 0.875. The van der Waals surface area contributed by atoms with Crippen molar-refractivity contribution in [2.45, 2.75) is 89.6 Å². The van der Waals surface area contributed by atoms with Crippen molar-refractivity contribution >= 4 is 11.9 Å². The third-order valence-electron chi connectivity index (χ3n) is 3.84. The molecule has 0 unspecified atom stereocenters. The Morgan fingerprint density at radius 1 is 0.727 bits per heavy atom. The van der Waals surface area contributed by atoms with Crippen LogP contribution in [0.4, 0.5) is 0 Å². The monoisotopic (exact) mass is 316 g/mol. The van der Waals surface area contributed by atoms with Crippen molar-refractivity contribution in [3.63, 3.8) is 0 Å². The van der Waals surface area contributed by atoms with Crippen LogP contribution in [-0.4, -0.2) is 46.6 Å². The maximum absolute atomic E-state index is 11.7. The summed E-state index contributed by atoms with van der Waals surface area (Å²) in [4.78, 5) is 23.3. The van der Waals surface area contributed by atoms with E-state index in [1.54, 1.807) is 13.8 Å². The van der Waals surface area contributed by atoms with Gasteiger partial charge in [-0.2, -0.15) is 0 Å². The number of carbonyl (C=O) groups excluding carboxylic acids is 2. The molecule has 2 N–H and O–H groups in total. The first-order chi connectivity index (χ1) is 10.4. The van der Waals surface area contributed by atoms with Crippen LogP contribution in [0.1, 0.15) is 65.2 Å². The Labute approximate surface area is 131 Å². The van der Waals surface area contributed by atoms with Gasteiger partial charge in [0.15, 0.2) is 0 Å². The summed E-state index contributed by atoms with van der Waals surface area (Å²) in [6.45, 7) is 3.56. The van der Waals surface area contributed by atoms with Crippen LogP contribution in [0.25, 0.3) is 0 Å². The molecule has 128 valence electrons. The van der Waals surface area contributed by atoms with E-state index in [1.165, 1.54) is 0 Å². The van der Waals surface area contributed by atoms with Gasteiger partial charge in [-0.05, 0) is 52.4 Å². The molecule has 4 atom stereocenters. The highest BCUT2D eigenvalue weighted by Crippen LogP contribution is 2.15. The molecule has 6 nitrogen and oxygen atoms in total. The molecule has 0 bridgehead atoms. The standard InChI is InChI=1S/C16H28O6/c1-11-3-5-13(17)8-10-16(20)22-12(2)4-6-14(18)7-9-15(19)21-11/h11-14,17-18H,3-10H2,1-2H3/t11-,12-,13+,14+/m0/s1. The van der Waals surface area contributed by atoms with Crippen LogP contribution in [0.3, 0.4) is 0 Å². The molecule has 0 amide bonds. The number of aliphatic hydroxyl groups is 2. The molecule has 1 rings (SSSR count). The zero-order chi connectivity index (χ0) is 16.5. The first-order valence-electron chi connectivity index (χ1n) is 8.12. The van der Waals surface area contributed by atoms with Gasteiger partial charge in [0, 0.05) is 12.8 Å². The second kappa shape index (κ2) is 9.79. The Kier molecular flexibility index (Phi) is 8.42. The van der Waals surface area contributed by atoms with Gasteiger partial charge in [-0.15, -0.1) is 0 Å². The maximum atomic E-state index is 11.7. The molecule has 0 saturated carbocycles. The minimum absolute atomic E-state index is 0.169. The highest BCUT2D eigenvalue weighted by atomic mass is 16.5. The van der Waals surface area contributed by atoms with Crippen LogP contribution >= 0.6 is 0 Å². The fourth-order valence-corrected chi connectivity index (χ4v) is 2.40. The second-order valence-electron chi connectivity index (χ2n) is 6.14. The summed E-state index contributed by atoms with van der Waals surface area (Å²) >= 11 is 0. The first-order valence-corrected chi connectivity index (χ1v) is 8.12. The van der Waals surface area contributed by atoms with Crippen molar-refractivity contribution in [2.24, 2.45) is 0 Å². The van der Waals surface area contributed by atoms with Crippen LogP contribution in [0.5, 0.6) is 0 Å². The van der Waals surface area contributed by atoms with Gasteiger partial charge < -0.3 is 19.7 Å². The normalized spacial score (nSPS) is 33.8. The highest BCUT2D eigenvalue weighted by Gasteiger charge is 2.18. The molecule has 1 aliphatic heterocycles. The predicted octanol–water partition coefficient (Wildman–Crippen LogP) is 1.71. The van der Waals surface area contributed by atoms with E-state index in [-0.39, 0.29) is 37.0 Å². The largest absolute Gasteiger partial charge is 0.463 e. The lowest BCUT2D eigenvalue weighted by molar-refractivity contribution is -0.149. The highest BCUT2D eigenvalue weighted by molar-refractivity contribution is 5.70. The van der Waals surface area contributed by atoms with E-state index in [1.807, 2.05) is 0 Å². The minimum atomic E-state index is -0.598. The number of carbonyl (C=O) groups is 2. The van der Waals surface area contributed by atoms with Gasteiger partial charge in [0.2, 0.25) is 0 Å². The Balaban J connectivity index is 2.55. The third-order valence-corrected chi connectivity index (χ3v) is 3.84.